The van der Waals surface area contributed by atoms with Crippen molar-refractivity contribution in [3.05, 3.63) is 17.0 Å². The molecule has 1 aliphatic rings. The SMILES string of the molecule is Cc1cc(N2CC(C)OC(CO)C2)nc(Cl)n1. The fourth-order valence-corrected chi connectivity index (χ4v) is 2.23. The lowest BCUT2D eigenvalue weighted by Gasteiger charge is -2.36. The summed E-state index contributed by atoms with van der Waals surface area (Å²) in [5.41, 5.74) is 0.833. The van der Waals surface area contributed by atoms with Crippen LogP contribution in [0.2, 0.25) is 5.28 Å². The van der Waals surface area contributed by atoms with Gasteiger partial charge in [-0.2, -0.15) is 0 Å². The Kier molecular flexibility index (Phi) is 3.81. The Hall–Kier alpha value is -0.910. The van der Waals surface area contributed by atoms with Crippen LogP contribution in [0.15, 0.2) is 6.07 Å². The van der Waals surface area contributed by atoms with Gasteiger partial charge in [0.25, 0.3) is 0 Å². The minimum Gasteiger partial charge on any atom is -0.394 e. The number of nitrogens with zero attached hydrogens (tertiary/aromatic N) is 3. The van der Waals surface area contributed by atoms with E-state index in [4.69, 9.17) is 16.3 Å². The topological polar surface area (TPSA) is 58.5 Å². The molecule has 2 atom stereocenters. The Morgan fingerprint density at radius 3 is 2.94 bits per heavy atom. The summed E-state index contributed by atoms with van der Waals surface area (Å²) in [6, 6.07) is 1.89. The van der Waals surface area contributed by atoms with Crippen LogP contribution in [0.4, 0.5) is 5.82 Å². The highest BCUT2D eigenvalue weighted by Crippen LogP contribution is 2.20. The van der Waals surface area contributed by atoms with Gasteiger partial charge in [0.15, 0.2) is 0 Å². The molecule has 6 heteroatoms. The van der Waals surface area contributed by atoms with Crippen molar-refractivity contribution < 1.29 is 9.84 Å². The van der Waals surface area contributed by atoms with Crippen molar-refractivity contribution in [2.24, 2.45) is 0 Å². The second kappa shape index (κ2) is 5.16. The van der Waals surface area contributed by atoms with Gasteiger partial charge in [-0.05, 0) is 25.4 Å². The van der Waals surface area contributed by atoms with Gasteiger partial charge in [-0.3, -0.25) is 0 Å². The van der Waals surface area contributed by atoms with Gasteiger partial charge in [0.1, 0.15) is 5.82 Å². The van der Waals surface area contributed by atoms with Crippen molar-refractivity contribution in [3.8, 4) is 0 Å². The monoisotopic (exact) mass is 257 g/mol. The van der Waals surface area contributed by atoms with Crippen molar-refractivity contribution in [2.75, 3.05) is 24.6 Å². The van der Waals surface area contributed by atoms with E-state index in [1.54, 1.807) is 0 Å². The molecule has 0 spiro atoms. The van der Waals surface area contributed by atoms with Crippen LogP contribution in [0.1, 0.15) is 12.6 Å². The lowest BCUT2D eigenvalue weighted by Crippen LogP contribution is -2.48. The van der Waals surface area contributed by atoms with Gasteiger partial charge in [-0.15, -0.1) is 0 Å². The maximum Gasteiger partial charge on any atom is 0.224 e. The van der Waals surface area contributed by atoms with Crippen molar-refractivity contribution in [1.82, 2.24) is 9.97 Å². The van der Waals surface area contributed by atoms with Crippen LogP contribution in [0.5, 0.6) is 0 Å². The second-order valence-electron chi connectivity index (χ2n) is 4.29. The highest BCUT2D eigenvalue weighted by atomic mass is 35.5. The maximum absolute atomic E-state index is 9.17. The van der Waals surface area contributed by atoms with E-state index in [-0.39, 0.29) is 24.1 Å². The molecule has 2 rings (SSSR count). The Morgan fingerprint density at radius 2 is 2.29 bits per heavy atom. The molecule has 0 radical (unpaired) electrons. The number of ether oxygens (including phenoxy) is 1. The van der Waals surface area contributed by atoms with E-state index in [0.29, 0.717) is 6.54 Å². The highest BCUT2D eigenvalue weighted by molar-refractivity contribution is 6.28. The number of aryl methyl sites for hydroxylation is 1. The number of halogens is 1. The summed E-state index contributed by atoms with van der Waals surface area (Å²) in [6.07, 6.45) is -0.109. The van der Waals surface area contributed by atoms with E-state index >= 15 is 0 Å². The first-order chi connectivity index (χ1) is 8.08. The van der Waals surface area contributed by atoms with Crippen molar-refractivity contribution in [1.29, 1.82) is 0 Å². The first kappa shape index (κ1) is 12.5. The molecule has 2 unspecified atom stereocenters. The predicted octanol–water partition coefficient (Wildman–Crippen LogP) is 1.02. The van der Waals surface area contributed by atoms with Crippen LogP contribution < -0.4 is 4.90 Å². The van der Waals surface area contributed by atoms with Crippen molar-refractivity contribution in [3.63, 3.8) is 0 Å². The van der Waals surface area contributed by atoms with Crippen LogP contribution in [-0.2, 0) is 4.74 Å². The Balaban J connectivity index is 2.20. The summed E-state index contributed by atoms with van der Waals surface area (Å²) in [4.78, 5) is 10.3. The largest absolute Gasteiger partial charge is 0.394 e. The Labute approximate surface area is 105 Å². The third-order valence-corrected chi connectivity index (χ3v) is 2.84. The highest BCUT2D eigenvalue weighted by Gasteiger charge is 2.25. The lowest BCUT2D eigenvalue weighted by molar-refractivity contribution is -0.0423. The standard InChI is InChI=1S/C11H16ClN3O2/c1-7-3-10(14-11(12)13-7)15-4-8(2)17-9(5-15)6-16/h3,8-9,16H,4-6H2,1-2H3. The molecular weight excluding hydrogens is 242 g/mol. The minimum absolute atomic E-state index is 0.0125. The number of hydrogen-bond donors (Lipinski definition) is 1. The molecule has 1 aliphatic heterocycles. The first-order valence-electron chi connectivity index (χ1n) is 5.61. The molecule has 1 saturated heterocycles. The smallest absolute Gasteiger partial charge is 0.224 e. The molecule has 94 valence electrons. The quantitative estimate of drug-likeness (QED) is 0.802. The van der Waals surface area contributed by atoms with Crippen LogP contribution in [0.3, 0.4) is 0 Å². The molecule has 1 aromatic heterocycles. The van der Waals surface area contributed by atoms with Gasteiger partial charge in [-0.1, -0.05) is 0 Å². The van der Waals surface area contributed by atoms with E-state index in [0.717, 1.165) is 18.1 Å². The molecule has 0 bridgehead atoms. The molecule has 0 aliphatic carbocycles. The third kappa shape index (κ3) is 3.06. The first-order valence-corrected chi connectivity index (χ1v) is 5.98. The zero-order chi connectivity index (χ0) is 12.4. The normalized spacial score (nSPS) is 25.1. The average Bonchev–Trinajstić information content (AvgIpc) is 2.26. The molecule has 5 nitrogen and oxygen atoms in total. The van der Waals surface area contributed by atoms with Gasteiger partial charge < -0.3 is 14.7 Å². The van der Waals surface area contributed by atoms with E-state index < -0.39 is 0 Å². The summed E-state index contributed by atoms with van der Waals surface area (Å²) in [6.45, 7) is 5.23. The number of morpholine rings is 1. The van der Waals surface area contributed by atoms with E-state index in [2.05, 4.69) is 14.9 Å². The van der Waals surface area contributed by atoms with Crippen LogP contribution in [-0.4, -0.2) is 47.0 Å². The second-order valence-corrected chi connectivity index (χ2v) is 4.63. The number of rotatable bonds is 2. The number of hydrogen-bond acceptors (Lipinski definition) is 5. The van der Waals surface area contributed by atoms with Crippen LogP contribution in [0.25, 0.3) is 0 Å². The number of aliphatic hydroxyl groups excluding tert-OH is 1. The van der Waals surface area contributed by atoms with Crippen molar-refractivity contribution >= 4 is 17.4 Å². The fourth-order valence-electron chi connectivity index (χ4n) is 2.01. The van der Waals surface area contributed by atoms with Crippen molar-refractivity contribution in [2.45, 2.75) is 26.1 Å². The number of aromatic nitrogens is 2. The number of anilines is 1. The lowest BCUT2D eigenvalue weighted by atomic mass is 10.2. The van der Waals surface area contributed by atoms with Gasteiger partial charge >= 0.3 is 0 Å². The summed E-state index contributed by atoms with van der Waals surface area (Å²) in [5, 5.41) is 9.42. The molecule has 0 saturated carbocycles. The minimum atomic E-state index is -0.173. The summed E-state index contributed by atoms with van der Waals surface area (Å²) < 4.78 is 5.58. The molecule has 2 heterocycles. The summed E-state index contributed by atoms with van der Waals surface area (Å²) >= 11 is 5.85. The Bertz CT molecular complexity index is 382. The molecule has 1 fully saturated rings. The van der Waals surface area contributed by atoms with Crippen LogP contribution in [0, 0.1) is 6.92 Å². The molecule has 0 aromatic carbocycles. The summed E-state index contributed by atoms with van der Waals surface area (Å²) in [5.74, 6) is 0.788. The molecular formula is C11H16ClN3O2. The molecule has 0 amide bonds. The third-order valence-electron chi connectivity index (χ3n) is 2.67. The molecule has 1 N–H and O–H groups in total. The van der Waals surface area contributed by atoms with Crippen LogP contribution >= 0.6 is 11.6 Å². The van der Waals surface area contributed by atoms with E-state index in [1.807, 2.05) is 19.9 Å². The Morgan fingerprint density at radius 1 is 1.53 bits per heavy atom. The van der Waals surface area contributed by atoms with Gasteiger partial charge in [0.2, 0.25) is 5.28 Å². The molecule has 1 aromatic rings. The predicted molar refractivity (Wildman–Crippen MR) is 65.4 cm³/mol. The summed E-state index contributed by atoms with van der Waals surface area (Å²) in [7, 11) is 0. The van der Waals surface area contributed by atoms with Gasteiger partial charge in [0.05, 0.1) is 18.8 Å². The number of aliphatic hydroxyl groups is 1. The van der Waals surface area contributed by atoms with E-state index in [9.17, 15) is 5.11 Å². The van der Waals surface area contributed by atoms with E-state index in [1.165, 1.54) is 0 Å². The average molecular weight is 258 g/mol. The zero-order valence-electron chi connectivity index (χ0n) is 9.93. The fraction of sp³-hybridized carbons (Fsp3) is 0.636. The maximum atomic E-state index is 9.17. The van der Waals surface area contributed by atoms with Gasteiger partial charge in [-0.25, -0.2) is 9.97 Å². The zero-order valence-corrected chi connectivity index (χ0v) is 10.7. The molecule has 17 heavy (non-hydrogen) atoms. The van der Waals surface area contributed by atoms with Gasteiger partial charge in [0, 0.05) is 24.8 Å².